The summed E-state index contributed by atoms with van der Waals surface area (Å²) in [5.41, 5.74) is 0.384. The summed E-state index contributed by atoms with van der Waals surface area (Å²) in [6, 6.07) is 8.19. The molecule has 8 heteroatoms. The highest BCUT2D eigenvalue weighted by molar-refractivity contribution is 5.89. The zero-order chi connectivity index (χ0) is 15.2. The van der Waals surface area contributed by atoms with Crippen LogP contribution in [0.4, 0.5) is 0 Å². The number of nitrogens with zero attached hydrogens (tertiary/aromatic N) is 3. The van der Waals surface area contributed by atoms with Crippen molar-refractivity contribution in [3.05, 3.63) is 41.1 Å². The molecule has 1 aromatic carbocycles. The molecule has 8 nitrogen and oxygen atoms in total. The SMILES string of the molecule is CC(ON=[N+]([O-])N1CC[C@H]1CO)OC(=O)c1ccccc1. The molecule has 0 radical (unpaired) electrons. The Balaban J connectivity index is 1.82. The summed E-state index contributed by atoms with van der Waals surface area (Å²) < 4.78 is 4.98. The molecule has 21 heavy (non-hydrogen) atoms. The molecule has 1 saturated heterocycles. The first-order chi connectivity index (χ1) is 10.1. The summed E-state index contributed by atoms with van der Waals surface area (Å²) in [6.07, 6.45) is -0.272. The molecular formula is C13H17N3O5. The second-order valence-electron chi connectivity index (χ2n) is 4.57. The van der Waals surface area contributed by atoms with Crippen LogP contribution in [0.1, 0.15) is 23.7 Å². The number of ether oxygens (including phenoxy) is 1. The zero-order valence-electron chi connectivity index (χ0n) is 11.6. The standard InChI is InChI=1S/C13H17N3O5/c1-10(20-13(18)11-5-3-2-4-6-11)21-14-16(19)15-8-7-12(15)9-17/h2-6,10,12,17H,7-9H2,1H3/t10?,12-/m0/s1. The topological polar surface area (TPSA) is 97.4 Å². The fourth-order valence-electron chi connectivity index (χ4n) is 1.81. The van der Waals surface area contributed by atoms with Crippen LogP contribution >= 0.6 is 0 Å². The largest absolute Gasteiger partial charge is 0.569 e. The molecule has 0 saturated carbocycles. The Morgan fingerprint density at radius 3 is 2.86 bits per heavy atom. The Morgan fingerprint density at radius 1 is 1.57 bits per heavy atom. The first kappa shape index (κ1) is 15.0. The van der Waals surface area contributed by atoms with Crippen molar-refractivity contribution < 1.29 is 24.4 Å². The summed E-state index contributed by atoms with van der Waals surface area (Å²) in [5, 5.41) is 25.1. The van der Waals surface area contributed by atoms with Gasteiger partial charge in [-0.2, -0.15) is 0 Å². The molecule has 114 valence electrons. The third-order valence-electron chi connectivity index (χ3n) is 3.09. The highest BCUT2D eigenvalue weighted by Gasteiger charge is 2.34. The second-order valence-corrected chi connectivity index (χ2v) is 4.57. The summed E-state index contributed by atoms with van der Waals surface area (Å²) in [4.78, 5) is 16.8. The lowest BCUT2D eigenvalue weighted by atomic mass is 10.1. The predicted molar refractivity (Wildman–Crippen MR) is 70.7 cm³/mol. The molecule has 1 aliphatic rings. The van der Waals surface area contributed by atoms with E-state index in [9.17, 15) is 10.0 Å². The number of esters is 1. The van der Waals surface area contributed by atoms with Crippen molar-refractivity contribution in [2.75, 3.05) is 13.2 Å². The van der Waals surface area contributed by atoms with Crippen molar-refractivity contribution in [2.45, 2.75) is 25.7 Å². The maximum Gasteiger partial charge on any atom is 0.341 e. The van der Waals surface area contributed by atoms with Gasteiger partial charge in [0.2, 0.25) is 5.28 Å². The summed E-state index contributed by atoms with van der Waals surface area (Å²) in [7, 11) is 0. The molecule has 1 N–H and O–H groups in total. The van der Waals surface area contributed by atoms with Crippen molar-refractivity contribution in [3.63, 3.8) is 0 Å². The zero-order valence-corrected chi connectivity index (χ0v) is 11.6. The van der Waals surface area contributed by atoms with Gasteiger partial charge in [0.15, 0.2) is 0 Å². The Kier molecular flexibility index (Phi) is 4.94. The number of benzene rings is 1. The Labute approximate surface area is 121 Å². The molecule has 1 aliphatic heterocycles. The minimum absolute atomic E-state index is 0.118. The van der Waals surface area contributed by atoms with Gasteiger partial charge in [0, 0.05) is 6.92 Å². The van der Waals surface area contributed by atoms with Crippen LogP contribution in [0.2, 0.25) is 0 Å². The fourth-order valence-corrected chi connectivity index (χ4v) is 1.81. The van der Waals surface area contributed by atoms with Gasteiger partial charge in [-0.15, -0.1) is 5.01 Å². The van der Waals surface area contributed by atoms with Crippen LogP contribution in [-0.4, -0.2) is 46.5 Å². The van der Waals surface area contributed by atoms with E-state index in [1.807, 2.05) is 0 Å². The molecule has 1 fully saturated rings. The minimum Gasteiger partial charge on any atom is -0.569 e. The van der Waals surface area contributed by atoms with Crippen LogP contribution in [-0.2, 0) is 9.57 Å². The number of carbonyl (C=O) groups is 1. The van der Waals surface area contributed by atoms with Gasteiger partial charge in [-0.3, -0.25) is 4.84 Å². The Morgan fingerprint density at radius 2 is 2.29 bits per heavy atom. The van der Waals surface area contributed by atoms with E-state index in [4.69, 9.17) is 14.7 Å². The van der Waals surface area contributed by atoms with Gasteiger partial charge >= 0.3 is 5.97 Å². The molecule has 1 aromatic rings. The summed E-state index contributed by atoms with van der Waals surface area (Å²) >= 11 is 0. The lowest BCUT2D eigenvalue weighted by molar-refractivity contribution is -0.734. The van der Waals surface area contributed by atoms with Crippen LogP contribution in [0.5, 0.6) is 0 Å². The van der Waals surface area contributed by atoms with Crippen LogP contribution in [0.3, 0.4) is 0 Å². The van der Waals surface area contributed by atoms with Crippen LogP contribution in [0, 0.1) is 5.21 Å². The third kappa shape index (κ3) is 3.82. The molecule has 2 rings (SSSR count). The minimum atomic E-state index is -0.997. The number of hydrazine groups is 1. The van der Waals surface area contributed by atoms with E-state index in [2.05, 4.69) is 5.28 Å². The maximum atomic E-state index is 11.7. The van der Waals surface area contributed by atoms with E-state index in [1.54, 1.807) is 30.3 Å². The van der Waals surface area contributed by atoms with Crippen molar-refractivity contribution in [1.29, 1.82) is 0 Å². The second kappa shape index (κ2) is 6.89. The van der Waals surface area contributed by atoms with Crippen LogP contribution in [0.25, 0.3) is 0 Å². The lowest BCUT2D eigenvalue weighted by Crippen LogP contribution is -2.53. The van der Waals surface area contributed by atoms with Gasteiger partial charge < -0.3 is 15.1 Å². The van der Waals surface area contributed by atoms with E-state index >= 15 is 0 Å². The van der Waals surface area contributed by atoms with E-state index in [0.29, 0.717) is 12.1 Å². The molecular weight excluding hydrogens is 278 g/mol. The van der Waals surface area contributed by atoms with Crippen LogP contribution in [0.15, 0.2) is 35.6 Å². The first-order valence-corrected chi connectivity index (χ1v) is 6.59. The smallest absolute Gasteiger partial charge is 0.341 e. The number of carbonyl (C=O) groups excluding carboxylic acids is 1. The molecule has 2 atom stereocenters. The highest BCUT2D eigenvalue weighted by atomic mass is 16.8. The van der Waals surface area contributed by atoms with Gasteiger partial charge in [-0.1, -0.05) is 18.2 Å². The van der Waals surface area contributed by atoms with E-state index < -0.39 is 12.3 Å². The number of hydrogen-bond acceptors (Lipinski definition) is 6. The quantitative estimate of drug-likeness (QED) is 0.277. The molecule has 1 heterocycles. The van der Waals surface area contributed by atoms with Crippen molar-refractivity contribution in [2.24, 2.45) is 5.28 Å². The molecule has 0 spiro atoms. The normalized spacial score (nSPS) is 19.6. The average Bonchev–Trinajstić information content (AvgIpc) is 2.45. The van der Waals surface area contributed by atoms with Gasteiger partial charge in [0.25, 0.3) is 6.29 Å². The van der Waals surface area contributed by atoms with Crippen molar-refractivity contribution >= 4 is 5.97 Å². The summed E-state index contributed by atoms with van der Waals surface area (Å²) in [5.74, 6) is -0.562. The Bertz CT molecular complexity index is 506. The number of aliphatic hydroxyl groups is 1. The predicted octanol–water partition coefficient (Wildman–Crippen LogP) is 1.07. The first-order valence-electron chi connectivity index (χ1n) is 6.59. The molecule has 0 bridgehead atoms. The molecule has 1 unspecified atom stereocenters. The van der Waals surface area contributed by atoms with Gasteiger partial charge in [-0.25, -0.2) is 4.79 Å². The number of aliphatic hydroxyl groups excluding tert-OH is 1. The molecule has 0 amide bonds. The maximum absolute atomic E-state index is 11.7. The van der Waals surface area contributed by atoms with Gasteiger partial charge in [-0.05, 0) is 18.6 Å². The van der Waals surface area contributed by atoms with E-state index in [-0.39, 0.29) is 17.6 Å². The number of hydrogen-bond donors (Lipinski definition) is 1. The summed E-state index contributed by atoms with van der Waals surface area (Å²) in [6.45, 7) is 1.84. The lowest BCUT2D eigenvalue weighted by Gasteiger charge is -2.33. The van der Waals surface area contributed by atoms with Crippen molar-refractivity contribution in [1.82, 2.24) is 5.01 Å². The Hall–Kier alpha value is -2.35. The van der Waals surface area contributed by atoms with Crippen LogP contribution < -0.4 is 0 Å². The number of rotatable bonds is 6. The van der Waals surface area contributed by atoms with Crippen molar-refractivity contribution in [3.8, 4) is 0 Å². The van der Waals surface area contributed by atoms with Gasteiger partial charge in [0.05, 0.1) is 23.7 Å². The van der Waals surface area contributed by atoms with E-state index in [1.165, 1.54) is 11.9 Å². The molecule has 0 aliphatic carbocycles. The highest BCUT2D eigenvalue weighted by Crippen LogP contribution is 2.16. The third-order valence-corrected chi connectivity index (χ3v) is 3.09. The monoisotopic (exact) mass is 295 g/mol. The molecule has 0 aromatic heterocycles. The van der Waals surface area contributed by atoms with E-state index in [0.717, 1.165) is 6.42 Å². The van der Waals surface area contributed by atoms with Gasteiger partial charge in [0.1, 0.15) is 6.04 Å². The average molecular weight is 295 g/mol. The fraction of sp³-hybridized carbons (Fsp3) is 0.462.